The standard InChI is InChI=1S/C14H12BrF2NS/c15-10-1-3-13(9(7-10)5-6-18)19-14-4-2-11(16)8-12(14)17/h1-4,7-8H,5-6,18H2. The number of halogens is 3. The lowest BCUT2D eigenvalue weighted by atomic mass is 10.1. The van der Waals surface area contributed by atoms with E-state index in [4.69, 9.17) is 5.73 Å². The largest absolute Gasteiger partial charge is 0.330 e. The Kier molecular flexibility index (Phi) is 4.96. The molecule has 2 N–H and O–H groups in total. The molecule has 0 saturated carbocycles. The summed E-state index contributed by atoms with van der Waals surface area (Å²) >= 11 is 4.68. The molecule has 19 heavy (non-hydrogen) atoms. The number of benzene rings is 2. The fraction of sp³-hybridized carbons (Fsp3) is 0.143. The highest BCUT2D eigenvalue weighted by Gasteiger charge is 2.09. The second-order valence-corrected chi connectivity index (χ2v) is 5.97. The van der Waals surface area contributed by atoms with Crippen molar-refractivity contribution in [2.24, 2.45) is 5.73 Å². The first-order chi connectivity index (χ1) is 9.10. The van der Waals surface area contributed by atoms with Crippen molar-refractivity contribution in [2.45, 2.75) is 16.2 Å². The summed E-state index contributed by atoms with van der Waals surface area (Å²) in [5.41, 5.74) is 6.62. The van der Waals surface area contributed by atoms with Crippen LogP contribution in [0.4, 0.5) is 8.78 Å². The molecule has 0 spiro atoms. The lowest BCUT2D eigenvalue weighted by Crippen LogP contribution is -2.03. The Labute approximate surface area is 123 Å². The van der Waals surface area contributed by atoms with Gasteiger partial charge in [0.25, 0.3) is 0 Å². The van der Waals surface area contributed by atoms with Gasteiger partial charge >= 0.3 is 0 Å². The molecule has 0 aliphatic heterocycles. The van der Waals surface area contributed by atoms with Gasteiger partial charge in [0.15, 0.2) is 0 Å². The molecule has 1 nitrogen and oxygen atoms in total. The van der Waals surface area contributed by atoms with Gasteiger partial charge in [-0.15, -0.1) is 0 Å². The third-order valence-electron chi connectivity index (χ3n) is 2.55. The van der Waals surface area contributed by atoms with Crippen LogP contribution in [0.3, 0.4) is 0 Å². The van der Waals surface area contributed by atoms with E-state index < -0.39 is 11.6 Å². The Morgan fingerprint density at radius 3 is 2.47 bits per heavy atom. The summed E-state index contributed by atoms with van der Waals surface area (Å²) in [5, 5.41) is 0. The zero-order valence-electron chi connectivity index (χ0n) is 10.00. The fourth-order valence-corrected chi connectivity index (χ4v) is 3.04. The fourth-order valence-electron chi connectivity index (χ4n) is 1.67. The van der Waals surface area contributed by atoms with Crippen LogP contribution >= 0.6 is 27.7 Å². The highest BCUT2D eigenvalue weighted by Crippen LogP contribution is 2.34. The molecule has 2 aromatic rings. The number of hydrogen-bond donors (Lipinski definition) is 1. The molecular weight excluding hydrogens is 332 g/mol. The molecule has 0 radical (unpaired) electrons. The summed E-state index contributed by atoms with van der Waals surface area (Å²) in [6, 6.07) is 9.36. The highest BCUT2D eigenvalue weighted by atomic mass is 79.9. The van der Waals surface area contributed by atoms with Gasteiger partial charge in [0, 0.05) is 20.3 Å². The average Bonchev–Trinajstić information content (AvgIpc) is 2.36. The van der Waals surface area contributed by atoms with Gasteiger partial charge in [-0.05, 0) is 48.9 Å². The molecule has 5 heteroatoms. The first-order valence-corrected chi connectivity index (χ1v) is 7.32. The van der Waals surface area contributed by atoms with Crippen LogP contribution in [-0.2, 0) is 6.42 Å². The van der Waals surface area contributed by atoms with Crippen molar-refractivity contribution < 1.29 is 8.78 Å². The second-order valence-electron chi connectivity index (χ2n) is 3.97. The van der Waals surface area contributed by atoms with Crippen molar-refractivity contribution in [1.82, 2.24) is 0 Å². The lowest BCUT2D eigenvalue weighted by Gasteiger charge is -2.09. The van der Waals surface area contributed by atoms with Crippen LogP contribution in [0.5, 0.6) is 0 Å². The van der Waals surface area contributed by atoms with Gasteiger partial charge in [0.05, 0.1) is 0 Å². The molecular formula is C14H12BrF2NS. The highest BCUT2D eigenvalue weighted by molar-refractivity contribution is 9.10. The van der Waals surface area contributed by atoms with E-state index in [1.807, 2.05) is 18.2 Å². The van der Waals surface area contributed by atoms with E-state index in [0.717, 1.165) is 21.0 Å². The molecule has 0 unspecified atom stereocenters. The van der Waals surface area contributed by atoms with Crippen LogP contribution in [0.15, 0.2) is 50.7 Å². The third-order valence-corrected chi connectivity index (χ3v) is 4.21. The number of rotatable bonds is 4. The SMILES string of the molecule is NCCc1cc(Br)ccc1Sc1ccc(F)cc1F. The summed E-state index contributed by atoms with van der Waals surface area (Å²) in [4.78, 5) is 1.33. The van der Waals surface area contributed by atoms with E-state index in [1.165, 1.54) is 23.9 Å². The molecule has 0 atom stereocenters. The summed E-state index contributed by atoms with van der Waals surface area (Å²) in [7, 11) is 0. The van der Waals surface area contributed by atoms with Gasteiger partial charge in [-0.25, -0.2) is 8.78 Å². The molecule has 0 aromatic heterocycles. The van der Waals surface area contributed by atoms with Crippen molar-refractivity contribution in [3.8, 4) is 0 Å². The lowest BCUT2D eigenvalue weighted by molar-refractivity contribution is 0.565. The van der Waals surface area contributed by atoms with Gasteiger partial charge < -0.3 is 5.73 Å². The smallest absolute Gasteiger partial charge is 0.140 e. The molecule has 2 aromatic carbocycles. The van der Waals surface area contributed by atoms with Gasteiger partial charge in [-0.3, -0.25) is 0 Å². The second kappa shape index (κ2) is 6.50. The molecule has 0 fully saturated rings. The van der Waals surface area contributed by atoms with E-state index in [0.29, 0.717) is 17.9 Å². The van der Waals surface area contributed by atoms with E-state index in [2.05, 4.69) is 15.9 Å². The molecule has 0 amide bonds. The van der Waals surface area contributed by atoms with Gasteiger partial charge in [0.2, 0.25) is 0 Å². The Morgan fingerprint density at radius 1 is 1.05 bits per heavy atom. The molecule has 0 saturated heterocycles. The zero-order chi connectivity index (χ0) is 13.8. The van der Waals surface area contributed by atoms with Crippen LogP contribution in [0.1, 0.15) is 5.56 Å². The van der Waals surface area contributed by atoms with Crippen LogP contribution in [0, 0.1) is 11.6 Å². The normalized spacial score (nSPS) is 10.7. The average molecular weight is 344 g/mol. The van der Waals surface area contributed by atoms with Crippen LogP contribution in [0.2, 0.25) is 0 Å². The first kappa shape index (κ1) is 14.5. The maximum Gasteiger partial charge on any atom is 0.140 e. The molecule has 0 aliphatic rings. The minimum atomic E-state index is -0.570. The van der Waals surface area contributed by atoms with Crippen LogP contribution in [0.25, 0.3) is 0 Å². The predicted octanol–water partition coefficient (Wildman–Crippen LogP) is 4.38. The molecule has 0 bridgehead atoms. The molecule has 2 rings (SSSR count). The quantitative estimate of drug-likeness (QED) is 0.891. The summed E-state index contributed by atoms with van der Waals surface area (Å²) in [6.07, 6.45) is 0.713. The topological polar surface area (TPSA) is 26.0 Å². The van der Waals surface area contributed by atoms with Gasteiger partial charge in [-0.2, -0.15) is 0 Å². The van der Waals surface area contributed by atoms with Crippen LogP contribution in [-0.4, -0.2) is 6.54 Å². The Bertz CT molecular complexity index is 590. The van der Waals surface area contributed by atoms with Crippen molar-refractivity contribution in [3.63, 3.8) is 0 Å². The maximum atomic E-state index is 13.6. The van der Waals surface area contributed by atoms with Crippen molar-refractivity contribution in [2.75, 3.05) is 6.54 Å². The van der Waals surface area contributed by atoms with Gasteiger partial charge in [-0.1, -0.05) is 27.7 Å². The number of nitrogens with two attached hydrogens (primary N) is 1. The van der Waals surface area contributed by atoms with Crippen molar-refractivity contribution in [1.29, 1.82) is 0 Å². The van der Waals surface area contributed by atoms with E-state index in [-0.39, 0.29) is 0 Å². The molecule has 0 heterocycles. The van der Waals surface area contributed by atoms with Crippen molar-refractivity contribution in [3.05, 3.63) is 58.1 Å². The predicted molar refractivity (Wildman–Crippen MR) is 77.4 cm³/mol. The minimum absolute atomic E-state index is 0.405. The minimum Gasteiger partial charge on any atom is -0.330 e. The molecule has 0 aliphatic carbocycles. The Hall–Kier alpha value is -0.910. The zero-order valence-corrected chi connectivity index (χ0v) is 12.4. The first-order valence-electron chi connectivity index (χ1n) is 5.71. The Morgan fingerprint density at radius 2 is 1.79 bits per heavy atom. The van der Waals surface area contributed by atoms with E-state index in [9.17, 15) is 8.78 Å². The number of hydrogen-bond acceptors (Lipinski definition) is 2. The van der Waals surface area contributed by atoms with Crippen molar-refractivity contribution >= 4 is 27.7 Å². The van der Waals surface area contributed by atoms with E-state index >= 15 is 0 Å². The summed E-state index contributed by atoms with van der Waals surface area (Å²) in [5.74, 6) is -1.12. The summed E-state index contributed by atoms with van der Waals surface area (Å²) < 4.78 is 27.5. The monoisotopic (exact) mass is 343 g/mol. The molecule has 100 valence electrons. The Balaban J connectivity index is 2.32. The summed E-state index contributed by atoms with van der Waals surface area (Å²) in [6.45, 7) is 0.524. The van der Waals surface area contributed by atoms with Crippen LogP contribution < -0.4 is 5.73 Å². The van der Waals surface area contributed by atoms with E-state index in [1.54, 1.807) is 0 Å². The third kappa shape index (κ3) is 3.78. The van der Waals surface area contributed by atoms with Gasteiger partial charge in [0.1, 0.15) is 11.6 Å². The maximum absolute atomic E-state index is 13.6.